The summed E-state index contributed by atoms with van der Waals surface area (Å²) in [6.07, 6.45) is 4.63. The van der Waals surface area contributed by atoms with Gasteiger partial charge in [0.05, 0.1) is 25.0 Å². The number of aliphatic hydroxyl groups is 1. The second-order valence-electron chi connectivity index (χ2n) is 6.70. The first-order valence-corrected chi connectivity index (χ1v) is 8.20. The number of amides is 1. The Balaban J connectivity index is 1.58. The van der Waals surface area contributed by atoms with E-state index in [1.54, 1.807) is 12.4 Å². The third kappa shape index (κ3) is 2.54. The molecule has 4 heterocycles. The van der Waals surface area contributed by atoms with Gasteiger partial charge in [0.25, 0.3) is 0 Å². The van der Waals surface area contributed by atoms with Crippen molar-refractivity contribution in [3.63, 3.8) is 0 Å². The fraction of sp³-hybridized carbons (Fsp3) is 0.800. The van der Waals surface area contributed by atoms with Crippen molar-refractivity contribution in [1.82, 2.24) is 19.9 Å². The molecule has 1 aromatic rings. The normalized spacial score (nSPS) is 37.1. The summed E-state index contributed by atoms with van der Waals surface area (Å²) in [5.41, 5.74) is -0.784. The van der Waals surface area contributed by atoms with E-state index in [1.807, 2.05) is 4.90 Å². The van der Waals surface area contributed by atoms with Crippen molar-refractivity contribution in [3.8, 4) is 0 Å². The number of carbonyl (C=O) groups is 1. The lowest BCUT2D eigenvalue weighted by Gasteiger charge is -2.57. The van der Waals surface area contributed by atoms with Gasteiger partial charge in [-0.05, 0) is 6.42 Å². The average Bonchev–Trinajstić information content (AvgIpc) is 3.07. The van der Waals surface area contributed by atoms with Crippen molar-refractivity contribution in [2.45, 2.75) is 31.0 Å². The van der Waals surface area contributed by atoms with Crippen LogP contribution in [0.5, 0.6) is 0 Å². The smallest absolute Gasteiger partial charge is 0.244 e. The van der Waals surface area contributed by atoms with Crippen LogP contribution < -0.4 is 0 Å². The lowest BCUT2D eigenvalue weighted by molar-refractivity contribution is -0.219. The number of rotatable bonds is 2. The van der Waals surface area contributed by atoms with Gasteiger partial charge in [0.2, 0.25) is 5.91 Å². The highest BCUT2D eigenvalue weighted by atomic mass is 16.5. The Hall–Kier alpha value is -1.51. The van der Waals surface area contributed by atoms with Gasteiger partial charge in [0.1, 0.15) is 6.54 Å². The molecule has 0 bridgehead atoms. The van der Waals surface area contributed by atoms with Crippen LogP contribution >= 0.6 is 0 Å². The summed E-state index contributed by atoms with van der Waals surface area (Å²) in [6.45, 7) is 2.91. The summed E-state index contributed by atoms with van der Waals surface area (Å²) in [7, 11) is 0. The maximum atomic E-state index is 12.8. The van der Waals surface area contributed by atoms with Crippen LogP contribution in [0.2, 0.25) is 0 Å². The van der Waals surface area contributed by atoms with Crippen molar-refractivity contribution in [2.75, 3.05) is 33.0 Å². The Kier molecular flexibility index (Phi) is 3.82. The number of carbonyl (C=O) groups excluding carboxylic acids is 1. The minimum atomic E-state index is -0.784. The highest BCUT2D eigenvalue weighted by molar-refractivity contribution is 5.76. The predicted octanol–water partition coefficient (Wildman–Crippen LogP) is -0.707. The maximum Gasteiger partial charge on any atom is 0.244 e. The van der Waals surface area contributed by atoms with Crippen molar-refractivity contribution in [1.29, 1.82) is 0 Å². The second kappa shape index (κ2) is 5.85. The standard InChI is InChI=1S/C15H22N4O4/c20-14(8-18-4-3-16-17-18)19-7-11-9-23-6-2-15(11,21)12-10-22-5-1-13(12)19/h3-4,11-13,21H,1-2,5-10H2/t11-,12+,13-,15-/m0/s1. The molecule has 0 unspecified atom stereocenters. The van der Waals surface area contributed by atoms with Crippen LogP contribution in [0.25, 0.3) is 0 Å². The first kappa shape index (κ1) is 15.0. The zero-order chi connectivity index (χ0) is 15.9. The molecule has 1 amide bonds. The summed E-state index contributed by atoms with van der Waals surface area (Å²) in [5, 5.41) is 18.8. The van der Waals surface area contributed by atoms with Gasteiger partial charge in [-0.2, -0.15) is 0 Å². The summed E-state index contributed by atoms with van der Waals surface area (Å²) < 4.78 is 12.7. The van der Waals surface area contributed by atoms with E-state index in [0.717, 1.165) is 6.42 Å². The first-order chi connectivity index (χ1) is 11.2. The van der Waals surface area contributed by atoms with E-state index in [0.29, 0.717) is 39.4 Å². The average molecular weight is 322 g/mol. The third-order valence-electron chi connectivity index (χ3n) is 5.54. The highest BCUT2D eigenvalue weighted by Gasteiger charge is 2.56. The second-order valence-corrected chi connectivity index (χ2v) is 6.70. The molecule has 1 N–H and O–H groups in total. The molecule has 3 saturated heterocycles. The van der Waals surface area contributed by atoms with Gasteiger partial charge < -0.3 is 19.5 Å². The van der Waals surface area contributed by atoms with Crippen LogP contribution in [0.3, 0.4) is 0 Å². The van der Waals surface area contributed by atoms with E-state index in [2.05, 4.69) is 10.3 Å². The molecule has 8 heteroatoms. The van der Waals surface area contributed by atoms with Gasteiger partial charge in [0.15, 0.2) is 0 Å². The van der Waals surface area contributed by atoms with E-state index in [9.17, 15) is 9.90 Å². The molecule has 0 spiro atoms. The van der Waals surface area contributed by atoms with Crippen molar-refractivity contribution in [2.24, 2.45) is 11.8 Å². The molecule has 4 atom stereocenters. The first-order valence-electron chi connectivity index (χ1n) is 8.20. The van der Waals surface area contributed by atoms with Gasteiger partial charge in [0, 0.05) is 50.3 Å². The number of hydrogen-bond donors (Lipinski definition) is 1. The molecule has 23 heavy (non-hydrogen) atoms. The van der Waals surface area contributed by atoms with Crippen molar-refractivity contribution < 1.29 is 19.4 Å². The van der Waals surface area contributed by atoms with Crippen LogP contribution in [-0.4, -0.2) is 75.5 Å². The quantitative estimate of drug-likeness (QED) is 0.774. The predicted molar refractivity (Wildman–Crippen MR) is 78.3 cm³/mol. The molecule has 126 valence electrons. The zero-order valence-electron chi connectivity index (χ0n) is 13.0. The largest absolute Gasteiger partial charge is 0.389 e. The number of fused-ring (bicyclic) bond motifs is 3. The topological polar surface area (TPSA) is 89.7 Å². The Morgan fingerprint density at radius 2 is 2.22 bits per heavy atom. The molecule has 4 rings (SSSR count). The molecular formula is C15H22N4O4. The molecular weight excluding hydrogens is 300 g/mol. The van der Waals surface area contributed by atoms with Gasteiger partial charge >= 0.3 is 0 Å². The van der Waals surface area contributed by atoms with Crippen LogP contribution in [0.15, 0.2) is 12.4 Å². The van der Waals surface area contributed by atoms with Crippen molar-refractivity contribution in [3.05, 3.63) is 12.4 Å². The zero-order valence-corrected chi connectivity index (χ0v) is 13.0. The Morgan fingerprint density at radius 1 is 1.35 bits per heavy atom. The molecule has 0 aromatic carbocycles. The monoisotopic (exact) mass is 322 g/mol. The van der Waals surface area contributed by atoms with Gasteiger partial charge in [-0.25, -0.2) is 4.68 Å². The third-order valence-corrected chi connectivity index (χ3v) is 5.54. The molecule has 0 aliphatic carbocycles. The Labute approximate surface area is 134 Å². The molecule has 3 aliphatic heterocycles. The van der Waals surface area contributed by atoms with Crippen LogP contribution in [0, 0.1) is 11.8 Å². The van der Waals surface area contributed by atoms with E-state index in [-0.39, 0.29) is 30.3 Å². The molecule has 1 aromatic heterocycles. The number of hydrogen-bond acceptors (Lipinski definition) is 6. The molecule has 3 fully saturated rings. The fourth-order valence-corrected chi connectivity index (χ4v) is 4.29. The SMILES string of the molecule is O=C(Cn1ccnn1)N1C[C@H]2COCC[C@@]2(O)[C@@H]2COCC[C@@H]21. The van der Waals surface area contributed by atoms with Gasteiger partial charge in [-0.3, -0.25) is 4.79 Å². The molecule has 0 radical (unpaired) electrons. The minimum absolute atomic E-state index is 0.0139. The Morgan fingerprint density at radius 3 is 3.04 bits per heavy atom. The van der Waals surface area contributed by atoms with Crippen LogP contribution in [0.1, 0.15) is 12.8 Å². The number of likely N-dealkylation sites (tertiary alicyclic amines) is 1. The van der Waals surface area contributed by atoms with Crippen LogP contribution in [0.4, 0.5) is 0 Å². The number of piperidine rings is 1. The fourth-order valence-electron chi connectivity index (χ4n) is 4.29. The minimum Gasteiger partial charge on any atom is -0.389 e. The maximum absolute atomic E-state index is 12.8. The lowest BCUT2D eigenvalue weighted by atomic mass is 9.66. The Bertz CT molecular complexity index is 566. The van der Waals surface area contributed by atoms with E-state index in [1.165, 1.54) is 4.68 Å². The van der Waals surface area contributed by atoms with E-state index >= 15 is 0 Å². The number of nitrogens with zero attached hydrogens (tertiary/aromatic N) is 4. The highest BCUT2D eigenvalue weighted by Crippen LogP contribution is 2.44. The summed E-state index contributed by atoms with van der Waals surface area (Å²) in [6, 6.07) is 0.0270. The van der Waals surface area contributed by atoms with Gasteiger partial charge in [-0.15, -0.1) is 5.10 Å². The number of ether oxygens (including phenoxy) is 2. The summed E-state index contributed by atoms with van der Waals surface area (Å²) in [5.74, 6) is -0.0856. The molecule has 8 nitrogen and oxygen atoms in total. The summed E-state index contributed by atoms with van der Waals surface area (Å²) >= 11 is 0. The molecule has 0 saturated carbocycles. The van der Waals surface area contributed by atoms with E-state index < -0.39 is 5.60 Å². The molecule has 3 aliphatic rings. The van der Waals surface area contributed by atoms with Gasteiger partial charge in [-0.1, -0.05) is 5.21 Å². The van der Waals surface area contributed by atoms with E-state index in [4.69, 9.17) is 9.47 Å². The lowest BCUT2D eigenvalue weighted by Crippen LogP contribution is -2.69. The van der Waals surface area contributed by atoms with Crippen LogP contribution in [-0.2, 0) is 20.8 Å². The number of aromatic nitrogens is 3. The van der Waals surface area contributed by atoms with Crippen molar-refractivity contribution >= 4 is 5.91 Å². The summed E-state index contributed by atoms with van der Waals surface area (Å²) in [4.78, 5) is 14.7.